The van der Waals surface area contributed by atoms with Gasteiger partial charge in [-0.15, -0.1) is 0 Å². The first-order valence-electron chi connectivity index (χ1n) is 11.3. The van der Waals surface area contributed by atoms with Gasteiger partial charge in [-0.1, -0.05) is 83.2 Å². The molecule has 0 aliphatic carbocycles. The fourth-order valence-corrected chi connectivity index (χ4v) is 7.43. The van der Waals surface area contributed by atoms with Crippen LogP contribution in [0.3, 0.4) is 0 Å². The van der Waals surface area contributed by atoms with Gasteiger partial charge in [-0.05, 0) is 35.9 Å². The molecule has 0 radical (unpaired) electrons. The number of nitrogens with one attached hydrogen (secondary N) is 1. The number of carbonyl (C=O) groups excluding carboxylic acids is 2. The molecule has 0 bridgehead atoms. The third-order valence-corrected chi connectivity index (χ3v) is 9.05. The Kier molecular flexibility index (Phi) is 5.95. The standard InChI is InChI=1S/C27H19ClN2O4S2/c28-16-12-10-15(11-13-16)14-34-19-9-5-4-8-18(19)20-21-23(35-24-22(20)36-27(33)29-24)26(32)30(25(21)31)17-6-2-1-3-7-17/h1-13,20-21,23H,14H2,(H,29,33)/t20-,21?,23?/m1/s1. The van der Waals surface area contributed by atoms with Crippen molar-refractivity contribution in [1.82, 2.24) is 4.98 Å². The number of H-pyrrole nitrogens is 1. The lowest BCUT2D eigenvalue weighted by Crippen LogP contribution is -2.32. The first-order valence-corrected chi connectivity index (χ1v) is 13.4. The molecule has 1 fully saturated rings. The van der Waals surface area contributed by atoms with Gasteiger partial charge in [0.1, 0.15) is 17.6 Å². The van der Waals surface area contributed by atoms with Crippen LogP contribution in [0, 0.1) is 5.92 Å². The second-order valence-electron chi connectivity index (χ2n) is 8.55. The second-order valence-corrected chi connectivity index (χ2v) is 11.2. The van der Waals surface area contributed by atoms with Crippen LogP contribution in [0.15, 0.2) is 88.7 Å². The zero-order chi connectivity index (χ0) is 24.8. The van der Waals surface area contributed by atoms with Crippen LogP contribution < -0.4 is 14.5 Å². The van der Waals surface area contributed by atoms with Crippen molar-refractivity contribution in [2.75, 3.05) is 4.90 Å². The van der Waals surface area contributed by atoms with Crippen molar-refractivity contribution in [2.24, 2.45) is 5.92 Å². The molecule has 1 N–H and O–H groups in total. The summed E-state index contributed by atoms with van der Waals surface area (Å²) in [6, 6.07) is 23.9. The lowest BCUT2D eigenvalue weighted by atomic mass is 9.82. The first-order chi connectivity index (χ1) is 17.5. The van der Waals surface area contributed by atoms with Crippen molar-refractivity contribution in [3.63, 3.8) is 0 Å². The summed E-state index contributed by atoms with van der Waals surface area (Å²) in [5.74, 6) is -1.10. The lowest BCUT2D eigenvalue weighted by molar-refractivity contribution is -0.122. The molecule has 0 saturated carbocycles. The number of aromatic amines is 1. The fraction of sp³-hybridized carbons (Fsp3) is 0.148. The van der Waals surface area contributed by atoms with Crippen LogP contribution in [0.25, 0.3) is 0 Å². The predicted octanol–water partition coefficient (Wildman–Crippen LogP) is 5.46. The van der Waals surface area contributed by atoms with E-state index in [-0.39, 0.29) is 16.7 Å². The van der Waals surface area contributed by atoms with Crippen molar-refractivity contribution in [1.29, 1.82) is 0 Å². The molecule has 6 rings (SSSR count). The van der Waals surface area contributed by atoms with Crippen LogP contribution in [0.4, 0.5) is 5.69 Å². The highest BCUT2D eigenvalue weighted by molar-refractivity contribution is 8.00. The number of rotatable bonds is 5. The van der Waals surface area contributed by atoms with Crippen molar-refractivity contribution < 1.29 is 14.3 Å². The van der Waals surface area contributed by atoms with Crippen LogP contribution in [0.5, 0.6) is 5.75 Å². The van der Waals surface area contributed by atoms with Gasteiger partial charge in [0.05, 0.1) is 16.6 Å². The molecule has 180 valence electrons. The number of aromatic nitrogens is 1. The van der Waals surface area contributed by atoms with E-state index in [9.17, 15) is 14.4 Å². The number of hydrogen-bond acceptors (Lipinski definition) is 6. The number of hydrogen-bond donors (Lipinski definition) is 1. The van der Waals surface area contributed by atoms with E-state index in [1.165, 1.54) is 16.7 Å². The van der Waals surface area contributed by atoms with Crippen molar-refractivity contribution in [3.05, 3.63) is 110 Å². The number of thioether (sulfide) groups is 1. The highest BCUT2D eigenvalue weighted by atomic mass is 35.5. The maximum absolute atomic E-state index is 13.8. The molecule has 9 heteroatoms. The van der Waals surface area contributed by atoms with Gasteiger partial charge in [0.2, 0.25) is 11.8 Å². The van der Waals surface area contributed by atoms with Crippen molar-refractivity contribution in [2.45, 2.75) is 22.8 Å². The number of amides is 2. The summed E-state index contributed by atoms with van der Waals surface area (Å²) in [7, 11) is 0. The average molecular weight is 535 g/mol. The number of fused-ring (bicyclic) bond motifs is 2. The number of thiazole rings is 1. The Morgan fingerprint density at radius 1 is 0.889 bits per heavy atom. The van der Waals surface area contributed by atoms with Crippen LogP contribution in [-0.4, -0.2) is 22.0 Å². The lowest BCUT2D eigenvalue weighted by Gasteiger charge is -2.30. The van der Waals surface area contributed by atoms with E-state index in [1.807, 2.05) is 42.5 Å². The summed E-state index contributed by atoms with van der Waals surface area (Å²) in [6.45, 7) is 0.309. The quantitative estimate of drug-likeness (QED) is 0.344. The topological polar surface area (TPSA) is 79.5 Å². The van der Waals surface area contributed by atoms with Gasteiger partial charge in [0.25, 0.3) is 0 Å². The normalized spacial score (nSPS) is 20.8. The number of carbonyl (C=O) groups is 2. The third-order valence-electron chi connectivity index (χ3n) is 6.40. The van der Waals surface area contributed by atoms with Gasteiger partial charge >= 0.3 is 4.87 Å². The smallest absolute Gasteiger partial charge is 0.305 e. The number of benzene rings is 3. The summed E-state index contributed by atoms with van der Waals surface area (Å²) in [6.07, 6.45) is 0. The maximum Gasteiger partial charge on any atom is 0.305 e. The molecular weight excluding hydrogens is 516 g/mol. The monoisotopic (exact) mass is 534 g/mol. The van der Waals surface area contributed by atoms with Gasteiger partial charge in [-0.3, -0.25) is 14.4 Å². The Balaban J connectivity index is 1.42. The zero-order valence-corrected chi connectivity index (χ0v) is 21.1. The first kappa shape index (κ1) is 23.1. The van der Waals surface area contributed by atoms with Crippen LogP contribution in [0.1, 0.15) is 21.9 Å². The molecule has 3 heterocycles. The van der Waals surface area contributed by atoms with Crippen molar-refractivity contribution >= 4 is 52.2 Å². The van der Waals surface area contributed by atoms with Gasteiger partial charge in [0, 0.05) is 21.4 Å². The number of nitrogens with zero attached hydrogens (tertiary/aromatic N) is 1. The summed E-state index contributed by atoms with van der Waals surface area (Å²) in [4.78, 5) is 44.4. The fourth-order valence-electron chi connectivity index (χ4n) is 4.79. The van der Waals surface area contributed by atoms with E-state index in [2.05, 4.69) is 4.98 Å². The minimum atomic E-state index is -0.665. The number of ether oxygens (including phenoxy) is 1. The van der Waals surface area contributed by atoms with E-state index in [0.29, 0.717) is 28.1 Å². The Bertz CT molecular complexity index is 1520. The second kappa shape index (κ2) is 9.28. The average Bonchev–Trinajstić information content (AvgIpc) is 3.38. The number of halogens is 1. The molecule has 1 saturated heterocycles. The number of anilines is 1. The molecule has 6 nitrogen and oxygen atoms in total. The van der Waals surface area contributed by atoms with Gasteiger partial charge in [0.15, 0.2) is 0 Å². The summed E-state index contributed by atoms with van der Waals surface area (Å²) in [5, 5.41) is 0.636. The largest absolute Gasteiger partial charge is 0.489 e. The maximum atomic E-state index is 13.8. The Hall–Kier alpha value is -3.33. The van der Waals surface area contributed by atoms with Gasteiger partial charge < -0.3 is 9.72 Å². The molecular formula is C27H19ClN2O4S2. The van der Waals surface area contributed by atoms with Gasteiger partial charge in [-0.2, -0.15) is 0 Å². The molecule has 2 aliphatic heterocycles. The molecule has 2 aliphatic rings. The minimum Gasteiger partial charge on any atom is -0.489 e. The Labute approximate surface area is 219 Å². The number of para-hydroxylation sites is 2. The Morgan fingerprint density at radius 2 is 1.61 bits per heavy atom. The van der Waals surface area contributed by atoms with E-state index in [0.717, 1.165) is 27.3 Å². The summed E-state index contributed by atoms with van der Waals surface area (Å²) >= 11 is 8.35. The molecule has 3 aromatic carbocycles. The van der Waals surface area contributed by atoms with E-state index in [1.54, 1.807) is 36.4 Å². The van der Waals surface area contributed by atoms with E-state index >= 15 is 0 Å². The van der Waals surface area contributed by atoms with Gasteiger partial charge in [-0.25, -0.2) is 4.90 Å². The summed E-state index contributed by atoms with van der Waals surface area (Å²) < 4.78 is 6.22. The third kappa shape index (κ3) is 3.95. The molecule has 3 atom stereocenters. The Morgan fingerprint density at radius 3 is 2.39 bits per heavy atom. The molecule has 2 amide bonds. The summed E-state index contributed by atoms with van der Waals surface area (Å²) in [5.41, 5.74) is 2.26. The van der Waals surface area contributed by atoms with E-state index < -0.39 is 17.1 Å². The molecule has 0 spiro atoms. The predicted molar refractivity (Wildman–Crippen MR) is 141 cm³/mol. The molecule has 1 aromatic heterocycles. The van der Waals surface area contributed by atoms with Crippen LogP contribution in [-0.2, 0) is 16.2 Å². The molecule has 36 heavy (non-hydrogen) atoms. The van der Waals surface area contributed by atoms with Crippen molar-refractivity contribution in [3.8, 4) is 5.75 Å². The minimum absolute atomic E-state index is 0.211. The SMILES string of the molecule is O=C1C2Sc3[nH]c(=O)sc3[C@H](c3ccccc3OCc3ccc(Cl)cc3)C2C(=O)N1c1ccccc1. The number of imide groups is 1. The van der Waals surface area contributed by atoms with E-state index in [4.69, 9.17) is 16.3 Å². The highest BCUT2D eigenvalue weighted by Gasteiger charge is 2.56. The highest BCUT2D eigenvalue weighted by Crippen LogP contribution is 2.54. The zero-order valence-electron chi connectivity index (χ0n) is 18.7. The molecule has 4 aromatic rings. The van der Waals surface area contributed by atoms with Crippen LogP contribution in [0.2, 0.25) is 5.02 Å². The molecule has 2 unspecified atom stereocenters. The van der Waals surface area contributed by atoms with Crippen LogP contribution >= 0.6 is 34.7 Å².